The molecular formula is C34H48N10O10. The molecule has 1 aromatic carbocycles. The first-order valence-corrected chi connectivity index (χ1v) is 17.5. The van der Waals surface area contributed by atoms with E-state index in [1.54, 1.807) is 12.3 Å². The fourth-order valence-corrected chi connectivity index (χ4v) is 6.16. The molecule has 3 heterocycles. The van der Waals surface area contributed by atoms with Crippen molar-refractivity contribution < 1.29 is 38.9 Å². The van der Waals surface area contributed by atoms with Crippen LogP contribution in [0.3, 0.4) is 0 Å². The molecule has 0 bridgehead atoms. The van der Waals surface area contributed by atoms with Crippen LogP contribution in [0, 0.1) is 0 Å². The highest BCUT2D eigenvalue weighted by atomic mass is 16.5. The van der Waals surface area contributed by atoms with Gasteiger partial charge in [0, 0.05) is 55.8 Å². The van der Waals surface area contributed by atoms with Gasteiger partial charge >= 0.3 is 17.7 Å². The number of hydrogen-bond donors (Lipinski definition) is 10. The molecule has 3 aromatic rings. The molecule has 2 aromatic heterocycles. The van der Waals surface area contributed by atoms with Crippen LogP contribution in [0.2, 0.25) is 0 Å². The molecule has 294 valence electrons. The molecule has 1 aliphatic heterocycles. The van der Waals surface area contributed by atoms with Crippen LogP contribution in [0.1, 0.15) is 44.4 Å². The lowest BCUT2D eigenvalue weighted by Gasteiger charge is -2.33. The standard InChI is InChI=1S/C34H48N10O10/c1-18(43(2)27(47)15-36)28(30(49)38-17-20-14-25(45)31(54-20)44-12-10-26(46)41-34(44)53)42-29(48)23(9-5-6-11-35)39-33(52)40-24(32(50)51)13-19-16-37-22-8-4-3-7-21(19)22/h3-4,7-8,10,12,16,18,20,23-25,28,31,37,45H,5-6,9,11,13-15,17,35-36H2,1-2H3,(H,38,49)(H,42,48)(H,50,51)(H2,39,40,52)(H,41,46,53)/t18-,20+,23?,24-,25+,28-,31+/m0/s1. The largest absolute Gasteiger partial charge is 0.480 e. The lowest BCUT2D eigenvalue weighted by Crippen LogP contribution is -2.62. The Morgan fingerprint density at radius 1 is 1.04 bits per heavy atom. The highest BCUT2D eigenvalue weighted by molar-refractivity contribution is 5.93. The van der Waals surface area contributed by atoms with Gasteiger partial charge in [-0.05, 0) is 44.4 Å². The molecule has 4 rings (SSSR count). The number of aliphatic hydroxyl groups excluding tert-OH is 1. The molecule has 1 fully saturated rings. The average molecular weight is 757 g/mol. The Bertz CT molecular complexity index is 1910. The van der Waals surface area contributed by atoms with Gasteiger partial charge in [0.05, 0.1) is 18.7 Å². The molecule has 5 amide bonds. The number of carbonyl (C=O) groups excluding carboxylic acids is 4. The summed E-state index contributed by atoms with van der Waals surface area (Å²) >= 11 is 0. The maximum absolute atomic E-state index is 13.8. The number of benzene rings is 1. The number of aliphatic carboxylic acids is 1. The predicted molar refractivity (Wildman–Crippen MR) is 194 cm³/mol. The van der Waals surface area contributed by atoms with Crippen molar-refractivity contribution in [3.63, 3.8) is 0 Å². The maximum Gasteiger partial charge on any atom is 0.330 e. The van der Waals surface area contributed by atoms with Crippen molar-refractivity contribution >= 4 is 40.6 Å². The van der Waals surface area contributed by atoms with E-state index in [2.05, 4.69) is 31.2 Å². The number of nitrogens with one attached hydrogen (secondary N) is 6. The number of amides is 5. The van der Waals surface area contributed by atoms with Gasteiger partial charge in [0.15, 0.2) is 6.23 Å². The lowest BCUT2D eigenvalue weighted by molar-refractivity contribution is -0.139. The molecule has 7 atom stereocenters. The SMILES string of the molecule is C[C@@H]([C@H](NC(=O)C(CCCCN)NC(=O)N[C@@H](Cc1c[nH]c2ccccc12)C(=O)O)C(=O)NC[C@H]1C[C@@H](O)[C@H](n2ccc(=O)[nH]c2=O)O1)N(C)C(=O)CN. The number of fused-ring (bicyclic) bond motifs is 1. The van der Waals surface area contributed by atoms with Crippen LogP contribution in [0.4, 0.5) is 4.79 Å². The average Bonchev–Trinajstić information content (AvgIpc) is 3.73. The number of aromatic amines is 2. The molecule has 0 aliphatic carbocycles. The highest BCUT2D eigenvalue weighted by Crippen LogP contribution is 2.27. The minimum absolute atomic E-state index is 0.00848. The summed E-state index contributed by atoms with van der Waals surface area (Å²) in [6.07, 6.45) is 0.675. The molecule has 1 saturated heterocycles. The fraction of sp³-hybridized carbons (Fsp3) is 0.500. The monoisotopic (exact) mass is 756 g/mol. The number of aromatic nitrogens is 3. The van der Waals surface area contributed by atoms with Crippen molar-refractivity contribution in [3.05, 3.63) is 69.1 Å². The van der Waals surface area contributed by atoms with Crippen molar-refractivity contribution in [1.29, 1.82) is 0 Å². The first-order valence-electron chi connectivity index (χ1n) is 17.5. The summed E-state index contributed by atoms with van der Waals surface area (Å²) in [5.74, 6) is -3.37. The number of likely N-dealkylation sites (N-methyl/N-ethyl adjacent to an activating group) is 1. The summed E-state index contributed by atoms with van der Waals surface area (Å²) in [7, 11) is 1.40. The van der Waals surface area contributed by atoms with Gasteiger partial charge in [-0.1, -0.05) is 18.2 Å². The van der Waals surface area contributed by atoms with E-state index in [0.717, 1.165) is 21.5 Å². The van der Waals surface area contributed by atoms with Gasteiger partial charge in [-0.2, -0.15) is 0 Å². The number of ether oxygens (including phenoxy) is 1. The van der Waals surface area contributed by atoms with Crippen molar-refractivity contribution in [2.24, 2.45) is 11.5 Å². The summed E-state index contributed by atoms with van der Waals surface area (Å²) < 4.78 is 6.81. The van der Waals surface area contributed by atoms with Gasteiger partial charge < -0.3 is 57.6 Å². The Morgan fingerprint density at radius 3 is 2.44 bits per heavy atom. The third kappa shape index (κ3) is 10.5. The Balaban J connectivity index is 1.47. The molecule has 0 radical (unpaired) electrons. The van der Waals surface area contributed by atoms with Crippen LogP contribution in [0.25, 0.3) is 10.9 Å². The van der Waals surface area contributed by atoms with Crippen LogP contribution in [0.15, 0.2) is 52.3 Å². The summed E-state index contributed by atoms with van der Waals surface area (Å²) in [5, 5.41) is 31.5. The van der Waals surface area contributed by atoms with E-state index in [1.165, 1.54) is 25.1 Å². The number of para-hydroxylation sites is 1. The number of carbonyl (C=O) groups is 5. The topological polar surface area (TPSA) is 309 Å². The van der Waals surface area contributed by atoms with Crippen LogP contribution < -0.4 is 44.0 Å². The van der Waals surface area contributed by atoms with E-state index in [9.17, 15) is 43.8 Å². The number of urea groups is 1. The Labute approximate surface area is 309 Å². The van der Waals surface area contributed by atoms with Gasteiger partial charge in [-0.3, -0.25) is 28.7 Å². The molecule has 1 aliphatic rings. The molecule has 1 unspecified atom stereocenters. The number of hydrogen-bond acceptors (Lipinski definition) is 11. The third-order valence-electron chi connectivity index (χ3n) is 9.31. The fourth-order valence-electron chi connectivity index (χ4n) is 6.16. The second kappa shape index (κ2) is 19.0. The van der Waals surface area contributed by atoms with E-state index >= 15 is 0 Å². The smallest absolute Gasteiger partial charge is 0.330 e. The minimum atomic E-state index is -1.39. The number of rotatable bonds is 18. The summed E-state index contributed by atoms with van der Waals surface area (Å²) in [4.78, 5) is 95.5. The van der Waals surface area contributed by atoms with Gasteiger partial charge in [-0.25, -0.2) is 14.4 Å². The first-order chi connectivity index (χ1) is 25.7. The number of nitrogens with two attached hydrogens (primary N) is 2. The van der Waals surface area contributed by atoms with Crippen LogP contribution >= 0.6 is 0 Å². The molecular weight excluding hydrogens is 708 g/mol. The summed E-state index contributed by atoms with van der Waals surface area (Å²) in [6.45, 7) is 1.26. The van der Waals surface area contributed by atoms with E-state index < -0.39 is 83.6 Å². The van der Waals surface area contributed by atoms with Crippen molar-refractivity contribution in [2.75, 3.05) is 26.7 Å². The first kappa shape index (κ1) is 41.2. The number of H-pyrrole nitrogens is 2. The van der Waals surface area contributed by atoms with Crippen LogP contribution in [-0.4, -0.2) is 122 Å². The predicted octanol–water partition coefficient (Wildman–Crippen LogP) is -2.43. The lowest BCUT2D eigenvalue weighted by atomic mass is 10.0. The second-order valence-corrected chi connectivity index (χ2v) is 13.1. The van der Waals surface area contributed by atoms with Crippen molar-refractivity contribution in [3.8, 4) is 0 Å². The van der Waals surface area contributed by atoms with Crippen LogP contribution in [0.5, 0.6) is 0 Å². The van der Waals surface area contributed by atoms with Crippen LogP contribution in [-0.2, 0) is 30.3 Å². The zero-order chi connectivity index (χ0) is 39.5. The molecule has 20 heteroatoms. The van der Waals surface area contributed by atoms with E-state index in [0.29, 0.717) is 24.9 Å². The zero-order valence-corrected chi connectivity index (χ0v) is 29.9. The Morgan fingerprint density at radius 2 is 1.76 bits per heavy atom. The zero-order valence-electron chi connectivity index (χ0n) is 29.9. The van der Waals surface area contributed by atoms with E-state index in [4.69, 9.17) is 16.2 Å². The van der Waals surface area contributed by atoms with Gasteiger partial charge in [0.1, 0.15) is 24.2 Å². The number of carboxylic acids is 1. The normalized spacial score (nSPS) is 18.9. The van der Waals surface area contributed by atoms with Crippen molar-refractivity contribution in [1.82, 2.24) is 40.7 Å². The number of aliphatic hydroxyl groups is 1. The quantitative estimate of drug-likeness (QED) is 0.0606. The molecule has 0 spiro atoms. The third-order valence-corrected chi connectivity index (χ3v) is 9.31. The van der Waals surface area contributed by atoms with Gasteiger partial charge in [0.25, 0.3) is 5.56 Å². The number of unbranched alkanes of at least 4 members (excludes halogenated alkanes) is 1. The summed E-state index contributed by atoms with van der Waals surface area (Å²) in [6, 6.07) is 2.49. The second-order valence-electron chi connectivity index (χ2n) is 13.1. The number of carboxylic acid groups (broad SMARTS) is 1. The highest BCUT2D eigenvalue weighted by Gasteiger charge is 2.38. The number of nitrogens with zero attached hydrogens (tertiary/aromatic N) is 2. The molecule has 54 heavy (non-hydrogen) atoms. The summed E-state index contributed by atoms with van der Waals surface area (Å²) in [5.41, 5.74) is 11.2. The van der Waals surface area contributed by atoms with E-state index in [-0.39, 0.29) is 32.4 Å². The van der Waals surface area contributed by atoms with Gasteiger partial charge in [-0.15, -0.1) is 0 Å². The Kier molecular flexibility index (Phi) is 14.5. The maximum atomic E-state index is 13.8. The minimum Gasteiger partial charge on any atom is -0.480 e. The van der Waals surface area contributed by atoms with Gasteiger partial charge in [0.2, 0.25) is 17.7 Å². The molecule has 20 nitrogen and oxygen atoms in total. The Hall–Kier alpha value is -5.57. The molecule has 12 N–H and O–H groups in total. The van der Waals surface area contributed by atoms with Crippen molar-refractivity contribution in [2.45, 2.75) is 81.6 Å². The molecule has 0 saturated carbocycles. The van der Waals surface area contributed by atoms with E-state index in [1.807, 2.05) is 18.2 Å².